The van der Waals surface area contributed by atoms with Gasteiger partial charge in [-0.1, -0.05) is 12.0 Å². The summed E-state index contributed by atoms with van der Waals surface area (Å²) in [7, 11) is 0. The van der Waals surface area contributed by atoms with Crippen LogP contribution >= 0.6 is 0 Å². The fourth-order valence-corrected chi connectivity index (χ4v) is 3.48. The van der Waals surface area contributed by atoms with Crippen molar-refractivity contribution in [1.82, 2.24) is 15.0 Å². The van der Waals surface area contributed by atoms with Gasteiger partial charge < -0.3 is 5.32 Å². The first kappa shape index (κ1) is 21.9. The number of amides is 1. The van der Waals surface area contributed by atoms with Gasteiger partial charge in [0, 0.05) is 41.6 Å². The molecule has 5 nitrogen and oxygen atoms in total. The van der Waals surface area contributed by atoms with Crippen molar-refractivity contribution in [3.8, 4) is 34.7 Å². The van der Waals surface area contributed by atoms with Crippen LogP contribution in [0.2, 0.25) is 0 Å². The Bertz CT molecular complexity index is 1350. The monoisotopic (exact) mass is 432 g/mol. The van der Waals surface area contributed by atoms with E-state index in [4.69, 9.17) is 6.42 Å². The summed E-state index contributed by atoms with van der Waals surface area (Å²) in [5.41, 5.74) is 6.35. The van der Waals surface area contributed by atoms with Crippen molar-refractivity contribution < 1.29 is 4.79 Å². The van der Waals surface area contributed by atoms with Crippen LogP contribution in [0.5, 0.6) is 0 Å². The summed E-state index contributed by atoms with van der Waals surface area (Å²) in [5, 5.41) is 3.00. The molecule has 3 aromatic heterocycles. The number of benzene rings is 1. The van der Waals surface area contributed by atoms with Crippen LogP contribution in [0.25, 0.3) is 22.4 Å². The normalized spacial score (nSPS) is 11.0. The van der Waals surface area contributed by atoms with Crippen molar-refractivity contribution in [2.75, 3.05) is 5.32 Å². The first-order chi connectivity index (χ1) is 15.9. The molecule has 0 spiro atoms. The van der Waals surface area contributed by atoms with Gasteiger partial charge >= 0.3 is 0 Å². The van der Waals surface area contributed by atoms with E-state index in [-0.39, 0.29) is 5.91 Å². The second-order valence-corrected chi connectivity index (χ2v) is 8.35. The van der Waals surface area contributed by atoms with Crippen LogP contribution in [0.4, 0.5) is 5.69 Å². The highest BCUT2D eigenvalue weighted by Gasteiger charge is 2.20. The number of anilines is 1. The Labute approximate surface area is 194 Å². The molecule has 5 heteroatoms. The predicted octanol–water partition coefficient (Wildman–Crippen LogP) is 5.68. The Morgan fingerprint density at radius 1 is 0.909 bits per heavy atom. The number of carbonyl (C=O) groups excluding carboxylic acids is 1. The van der Waals surface area contributed by atoms with Crippen molar-refractivity contribution in [1.29, 1.82) is 0 Å². The zero-order valence-electron chi connectivity index (χ0n) is 18.8. The molecule has 0 bridgehead atoms. The van der Waals surface area contributed by atoms with Gasteiger partial charge in [0.1, 0.15) is 0 Å². The molecule has 1 aromatic carbocycles. The van der Waals surface area contributed by atoms with Gasteiger partial charge in [-0.15, -0.1) is 6.42 Å². The Morgan fingerprint density at radius 2 is 1.64 bits per heavy atom. The molecular formula is C28H24N4O. The van der Waals surface area contributed by atoms with Crippen LogP contribution in [0.1, 0.15) is 35.5 Å². The molecule has 4 rings (SSSR count). The number of aryl methyl sites for hydroxylation is 1. The zero-order valence-corrected chi connectivity index (χ0v) is 18.8. The topological polar surface area (TPSA) is 67.8 Å². The maximum Gasteiger partial charge on any atom is 0.255 e. The van der Waals surface area contributed by atoms with Crippen LogP contribution in [0.15, 0.2) is 79.4 Å². The van der Waals surface area contributed by atoms with Gasteiger partial charge in [-0.05, 0) is 86.0 Å². The number of rotatable bonds is 5. The molecule has 0 aliphatic heterocycles. The molecule has 1 amide bonds. The van der Waals surface area contributed by atoms with E-state index in [1.807, 2.05) is 63.2 Å². The van der Waals surface area contributed by atoms with Gasteiger partial charge in [0.25, 0.3) is 5.91 Å². The van der Waals surface area contributed by atoms with Crippen molar-refractivity contribution in [2.45, 2.75) is 26.2 Å². The van der Waals surface area contributed by atoms with Crippen LogP contribution in [-0.4, -0.2) is 20.9 Å². The minimum absolute atomic E-state index is 0.214. The van der Waals surface area contributed by atoms with Gasteiger partial charge in [0.15, 0.2) is 0 Å². The SMILES string of the molecule is C#CC(C)(C)c1cc(C(=O)Nc2ccc(C)c(-c3ccnc(-c4ccncc4)c3)c2)ccn1. The number of hydrogen-bond donors (Lipinski definition) is 1. The Kier molecular flexibility index (Phi) is 6.01. The van der Waals surface area contributed by atoms with E-state index in [0.29, 0.717) is 16.9 Å². The number of nitrogens with zero attached hydrogens (tertiary/aromatic N) is 3. The molecule has 0 radical (unpaired) electrons. The highest BCUT2D eigenvalue weighted by Crippen LogP contribution is 2.29. The molecule has 4 aromatic rings. The van der Waals surface area contributed by atoms with E-state index in [1.54, 1.807) is 36.9 Å². The molecule has 0 saturated carbocycles. The summed E-state index contributed by atoms with van der Waals surface area (Å²) in [4.78, 5) is 25.8. The molecule has 3 heterocycles. The second kappa shape index (κ2) is 9.05. The maximum atomic E-state index is 12.9. The third-order valence-corrected chi connectivity index (χ3v) is 5.57. The molecule has 0 aliphatic carbocycles. The highest BCUT2D eigenvalue weighted by molar-refractivity contribution is 6.04. The van der Waals surface area contributed by atoms with Gasteiger partial charge in [0.05, 0.1) is 16.8 Å². The average molecular weight is 433 g/mol. The molecule has 162 valence electrons. The van der Waals surface area contributed by atoms with Crippen molar-refractivity contribution in [3.05, 3.63) is 96.2 Å². The Morgan fingerprint density at radius 3 is 2.39 bits per heavy atom. The quantitative estimate of drug-likeness (QED) is 0.412. The molecule has 0 fully saturated rings. The molecule has 0 atom stereocenters. The second-order valence-electron chi connectivity index (χ2n) is 8.35. The smallest absolute Gasteiger partial charge is 0.255 e. The third kappa shape index (κ3) is 4.81. The molecule has 1 N–H and O–H groups in total. The summed E-state index contributed by atoms with van der Waals surface area (Å²) in [6.45, 7) is 5.85. The van der Waals surface area contributed by atoms with Crippen LogP contribution in [0.3, 0.4) is 0 Å². The minimum atomic E-state index is -0.554. The maximum absolute atomic E-state index is 12.9. The van der Waals surface area contributed by atoms with Gasteiger partial charge in [0.2, 0.25) is 0 Å². The van der Waals surface area contributed by atoms with E-state index in [9.17, 15) is 4.79 Å². The summed E-state index contributed by atoms with van der Waals surface area (Å²) in [5.74, 6) is 2.50. The number of pyridine rings is 3. The van der Waals surface area contributed by atoms with Crippen molar-refractivity contribution in [2.24, 2.45) is 0 Å². The highest BCUT2D eigenvalue weighted by atomic mass is 16.1. The largest absolute Gasteiger partial charge is 0.322 e. The van der Waals surface area contributed by atoms with Crippen molar-refractivity contribution >= 4 is 11.6 Å². The van der Waals surface area contributed by atoms with Crippen molar-refractivity contribution in [3.63, 3.8) is 0 Å². The number of hydrogen-bond acceptors (Lipinski definition) is 4. The summed E-state index contributed by atoms with van der Waals surface area (Å²) in [6, 6.07) is 17.2. The Hall–Kier alpha value is -4.30. The summed E-state index contributed by atoms with van der Waals surface area (Å²) >= 11 is 0. The lowest BCUT2D eigenvalue weighted by Gasteiger charge is -2.17. The number of nitrogens with one attached hydrogen (secondary N) is 1. The van der Waals surface area contributed by atoms with Crippen LogP contribution in [0, 0.1) is 19.3 Å². The van der Waals surface area contributed by atoms with Gasteiger partial charge in [-0.3, -0.25) is 19.7 Å². The minimum Gasteiger partial charge on any atom is -0.322 e. The molecule has 0 unspecified atom stereocenters. The fraction of sp³-hybridized carbons (Fsp3) is 0.143. The number of carbonyl (C=O) groups is 1. The molecular weight excluding hydrogens is 408 g/mol. The summed E-state index contributed by atoms with van der Waals surface area (Å²) < 4.78 is 0. The van der Waals surface area contributed by atoms with Gasteiger partial charge in [-0.2, -0.15) is 0 Å². The van der Waals surface area contributed by atoms with Crippen LogP contribution in [-0.2, 0) is 5.41 Å². The van der Waals surface area contributed by atoms with E-state index in [1.165, 1.54) is 0 Å². The van der Waals surface area contributed by atoms with Gasteiger partial charge in [-0.25, -0.2) is 0 Å². The van der Waals surface area contributed by atoms with E-state index in [0.717, 1.165) is 27.9 Å². The molecule has 0 aliphatic rings. The lowest BCUT2D eigenvalue weighted by atomic mass is 9.89. The van der Waals surface area contributed by atoms with E-state index in [2.05, 4.69) is 26.2 Å². The first-order valence-corrected chi connectivity index (χ1v) is 10.6. The zero-order chi connectivity index (χ0) is 23.4. The Balaban J connectivity index is 1.62. The predicted molar refractivity (Wildman–Crippen MR) is 132 cm³/mol. The summed E-state index contributed by atoms with van der Waals surface area (Å²) in [6.07, 6.45) is 12.5. The average Bonchev–Trinajstić information content (AvgIpc) is 2.86. The molecule has 33 heavy (non-hydrogen) atoms. The fourth-order valence-electron chi connectivity index (χ4n) is 3.48. The standard InChI is InChI=1S/C28H24N4O/c1-5-28(3,4)26-17-22(11-15-31-26)27(33)32-23-7-6-19(2)24(18-23)21-10-14-30-25(16-21)20-8-12-29-13-9-20/h1,6-18H,2-4H3,(H,32,33). The lowest BCUT2D eigenvalue weighted by molar-refractivity contribution is 0.102. The molecule has 0 saturated heterocycles. The number of terminal acetylenes is 1. The number of aromatic nitrogens is 3. The van der Waals surface area contributed by atoms with Crippen LogP contribution < -0.4 is 5.32 Å². The van der Waals surface area contributed by atoms with E-state index >= 15 is 0 Å². The third-order valence-electron chi connectivity index (χ3n) is 5.57. The van der Waals surface area contributed by atoms with E-state index < -0.39 is 5.41 Å². The lowest BCUT2D eigenvalue weighted by Crippen LogP contribution is -2.18. The first-order valence-electron chi connectivity index (χ1n) is 10.6.